The lowest BCUT2D eigenvalue weighted by molar-refractivity contribution is -0.385. The molecule has 1 saturated heterocycles. The lowest BCUT2D eigenvalue weighted by Gasteiger charge is -2.29. The average molecular weight is 322 g/mol. The number of nitrogens with zero attached hydrogens (tertiary/aromatic N) is 3. The van der Waals surface area contributed by atoms with Crippen LogP contribution in [-0.4, -0.2) is 71.4 Å². The lowest BCUT2D eigenvalue weighted by Crippen LogP contribution is -2.49. The van der Waals surface area contributed by atoms with E-state index >= 15 is 0 Å². The minimum Gasteiger partial charge on any atom is -0.502 e. The first-order chi connectivity index (χ1) is 10.9. The molecule has 1 aromatic carbocycles. The molecule has 2 rings (SSSR count). The summed E-state index contributed by atoms with van der Waals surface area (Å²) in [5, 5.41) is 23.4. The van der Waals surface area contributed by atoms with E-state index in [9.17, 15) is 24.8 Å². The van der Waals surface area contributed by atoms with E-state index in [1.807, 2.05) is 0 Å². The summed E-state index contributed by atoms with van der Waals surface area (Å²) in [5.41, 5.74) is -0.384. The fraction of sp³-hybridized carbons (Fsp3) is 0.429. The second-order valence-corrected chi connectivity index (χ2v) is 5.25. The Balaban J connectivity index is 2.03. The van der Waals surface area contributed by atoms with E-state index in [2.05, 4.69) is 5.32 Å². The number of hydrogen-bond donors (Lipinski definition) is 2. The van der Waals surface area contributed by atoms with Gasteiger partial charge in [0.05, 0.1) is 11.5 Å². The second kappa shape index (κ2) is 7.05. The number of nitro benzene ring substituents is 1. The highest BCUT2D eigenvalue weighted by atomic mass is 16.6. The Morgan fingerprint density at radius 1 is 1.39 bits per heavy atom. The number of carbonyl (C=O) groups excluding carboxylic acids is 2. The van der Waals surface area contributed by atoms with Gasteiger partial charge in [0.1, 0.15) is 0 Å². The molecule has 0 spiro atoms. The smallest absolute Gasteiger partial charge is 0.310 e. The maximum atomic E-state index is 12.3. The van der Waals surface area contributed by atoms with E-state index in [4.69, 9.17) is 0 Å². The average Bonchev–Trinajstić information content (AvgIpc) is 2.54. The molecule has 1 aliphatic heterocycles. The Labute approximate surface area is 132 Å². The van der Waals surface area contributed by atoms with E-state index in [0.717, 1.165) is 25.2 Å². The van der Waals surface area contributed by atoms with Crippen molar-refractivity contribution in [1.82, 2.24) is 15.1 Å². The largest absolute Gasteiger partial charge is 0.502 e. The van der Waals surface area contributed by atoms with E-state index < -0.39 is 22.3 Å². The molecule has 9 nitrogen and oxygen atoms in total. The summed E-state index contributed by atoms with van der Waals surface area (Å²) in [6.45, 7) is 2.55. The SMILES string of the molecule is CN(CC(=O)N1CCNCC1)C(=O)c1ccc([N+](=O)[O-])c(O)c1. The number of amides is 2. The fourth-order valence-electron chi connectivity index (χ4n) is 2.32. The quantitative estimate of drug-likeness (QED) is 0.586. The zero-order chi connectivity index (χ0) is 17.0. The van der Waals surface area contributed by atoms with Crippen molar-refractivity contribution >= 4 is 17.5 Å². The van der Waals surface area contributed by atoms with Crippen molar-refractivity contribution in [3.05, 3.63) is 33.9 Å². The number of carbonyl (C=O) groups is 2. The predicted molar refractivity (Wildman–Crippen MR) is 81.2 cm³/mol. The molecular formula is C14H18N4O5. The zero-order valence-corrected chi connectivity index (χ0v) is 12.7. The molecule has 0 bridgehead atoms. The summed E-state index contributed by atoms with van der Waals surface area (Å²) in [7, 11) is 1.47. The van der Waals surface area contributed by atoms with Gasteiger partial charge in [-0.25, -0.2) is 0 Å². The Morgan fingerprint density at radius 2 is 2.04 bits per heavy atom. The van der Waals surface area contributed by atoms with Gasteiger partial charge in [0.2, 0.25) is 5.91 Å². The standard InChI is InChI=1S/C14H18N4O5/c1-16(9-13(20)17-6-4-15-5-7-17)14(21)10-2-3-11(18(22)23)12(19)8-10/h2-3,8,15,19H,4-7,9H2,1H3. The van der Waals surface area contributed by atoms with Gasteiger partial charge in [0, 0.05) is 44.9 Å². The van der Waals surface area contributed by atoms with Crippen molar-refractivity contribution in [3.8, 4) is 5.75 Å². The third-order valence-electron chi connectivity index (χ3n) is 3.61. The Bertz CT molecular complexity index is 628. The van der Waals surface area contributed by atoms with Crippen LogP contribution < -0.4 is 5.32 Å². The van der Waals surface area contributed by atoms with Crippen molar-refractivity contribution in [2.45, 2.75) is 0 Å². The number of phenolic OH excluding ortho intramolecular Hbond substituents is 1. The monoisotopic (exact) mass is 322 g/mol. The van der Waals surface area contributed by atoms with Crippen molar-refractivity contribution in [2.24, 2.45) is 0 Å². The van der Waals surface area contributed by atoms with E-state index in [1.54, 1.807) is 4.90 Å². The van der Waals surface area contributed by atoms with Gasteiger partial charge < -0.3 is 20.2 Å². The number of nitro groups is 1. The Kier molecular flexibility index (Phi) is 5.12. The van der Waals surface area contributed by atoms with E-state index in [-0.39, 0.29) is 18.0 Å². The van der Waals surface area contributed by atoms with Gasteiger partial charge in [-0.05, 0) is 12.1 Å². The number of rotatable bonds is 4. The Morgan fingerprint density at radius 3 is 2.61 bits per heavy atom. The second-order valence-electron chi connectivity index (χ2n) is 5.25. The Hall–Kier alpha value is -2.68. The third-order valence-corrected chi connectivity index (χ3v) is 3.61. The molecule has 0 radical (unpaired) electrons. The number of benzene rings is 1. The molecular weight excluding hydrogens is 304 g/mol. The molecule has 1 aromatic rings. The summed E-state index contributed by atoms with van der Waals surface area (Å²) in [6.07, 6.45) is 0. The zero-order valence-electron chi connectivity index (χ0n) is 12.7. The molecule has 2 amide bonds. The highest BCUT2D eigenvalue weighted by Crippen LogP contribution is 2.26. The number of aromatic hydroxyl groups is 1. The first kappa shape index (κ1) is 16.7. The summed E-state index contributed by atoms with van der Waals surface area (Å²) in [6, 6.07) is 3.35. The molecule has 1 fully saturated rings. The van der Waals surface area contributed by atoms with Gasteiger partial charge in [0.15, 0.2) is 5.75 Å². The predicted octanol–water partition coefficient (Wildman–Crippen LogP) is -0.196. The molecule has 0 saturated carbocycles. The number of hydrogen-bond acceptors (Lipinski definition) is 6. The van der Waals surface area contributed by atoms with Crippen LogP contribution in [0.3, 0.4) is 0 Å². The van der Waals surface area contributed by atoms with Crippen LogP contribution in [-0.2, 0) is 4.79 Å². The van der Waals surface area contributed by atoms with Crippen molar-refractivity contribution < 1.29 is 19.6 Å². The van der Waals surface area contributed by atoms with Gasteiger partial charge in [-0.2, -0.15) is 0 Å². The topological polar surface area (TPSA) is 116 Å². The number of likely N-dealkylation sites (N-methyl/N-ethyl adjacent to an activating group) is 1. The van der Waals surface area contributed by atoms with Crippen LogP contribution in [0.15, 0.2) is 18.2 Å². The molecule has 0 aliphatic carbocycles. The van der Waals surface area contributed by atoms with E-state index in [0.29, 0.717) is 13.1 Å². The minimum absolute atomic E-state index is 0.0867. The van der Waals surface area contributed by atoms with Crippen LogP contribution >= 0.6 is 0 Å². The van der Waals surface area contributed by atoms with Gasteiger partial charge in [-0.15, -0.1) is 0 Å². The maximum absolute atomic E-state index is 12.3. The van der Waals surface area contributed by atoms with Crippen LogP contribution in [0.25, 0.3) is 0 Å². The van der Waals surface area contributed by atoms with Crippen molar-refractivity contribution in [2.75, 3.05) is 39.8 Å². The molecule has 0 atom stereocenters. The molecule has 124 valence electrons. The molecule has 1 heterocycles. The van der Waals surface area contributed by atoms with Crippen LogP contribution in [0.5, 0.6) is 5.75 Å². The molecule has 0 aromatic heterocycles. The summed E-state index contributed by atoms with van der Waals surface area (Å²) >= 11 is 0. The molecule has 0 unspecified atom stereocenters. The number of nitrogens with one attached hydrogen (secondary N) is 1. The first-order valence-electron chi connectivity index (χ1n) is 7.11. The van der Waals surface area contributed by atoms with Crippen LogP contribution in [0, 0.1) is 10.1 Å². The lowest BCUT2D eigenvalue weighted by atomic mass is 10.1. The van der Waals surface area contributed by atoms with Gasteiger partial charge >= 0.3 is 5.69 Å². The summed E-state index contributed by atoms with van der Waals surface area (Å²) < 4.78 is 0. The minimum atomic E-state index is -0.735. The number of piperazine rings is 1. The van der Waals surface area contributed by atoms with Crippen LogP contribution in [0.4, 0.5) is 5.69 Å². The normalized spacial score (nSPS) is 14.4. The van der Waals surface area contributed by atoms with Gasteiger partial charge in [0.25, 0.3) is 5.91 Å². The van der Waals surface area contributed by atoms with Crippen LogP contribution in [0.2, 0.25) is 0 Å². The molecule has 1 aliphatic rings. The van der Waals surface area contributed by atoms with Crippen LogP contribution in [0.1, 0.15) is 10.4 Å². The van der Waals surface area contributed by atoms with Crippen molar-refractivity contribution in [3.63, 3.8) is 0 Å². The molecule has 9 heteroatoms. The summed E-state index contributed by atoms with van der Waals surface area (Å²) in [4.78, 5) is 37.2. The fourth-order valence-corrected chi connectivity index (χ4v) is 2.32. The highest BCUT2D eigenvalue weighted by molar-refractivity contribution is 5.97. The molecule has 23 heavy (non-hydrogen) atoms. The van der Waals surface area contributed by atoms with Gasteiger partial charge in [-0.1, -0.05) is 0 Å². The van der Waals surface area contributed by atoms with Gasteiger partial charge in [-0.3, -0.25) is 19.7 Å². The molecule has 2 N–H and O–H groups in total. The highest BCUT2D eigenvalue weighted by Gasteiger charge is 2.22. The summed E-state index contributed by atoms with van der Waals surface area (Å²) in [5.74, 6) is -1.23. The third kappa shape index (κ3) is 3.95. The number of phenols is 1. The maximum Gasteiger partial charge on any atom is 0.310 e. The van der Waals surface area contributed by atoms with Crippen molar-refractivity contribution in [1.29, 1.82) is 0 Å². The first-order valence-corrected chi connectivity index (χ1v) is 7.11. The van der Waals surface area contributed by atoms with E-state index in [1.165, 1.54) is 18.0 Å².